The lowest BCUT2D eigenvalue weighted by molar-refractivity contribution is -0.120. The van der Waals surface area contributed by atoms with Crippen molar-refractivity contribution in [2.45, 2.75) is 13.8 Å². The van der Waals surface area contributed by atoms with Crippen molar-refractivity contribution in [3.05, 3.63) is 30.0 Å². The van der Waals surface area contributed by atoms with Crippen LogP contribution in [-0.2, 0) is 9.47 Å². The van der Waals surface area contributed by atoms with E-state index in [1.54, 1.807) is 13.0 Å². The number of esters is 1. The fourth-order valence-corrected chi connectivity index (χ4v) is 2.31. The second kappa shape index (κ2) is 5.41. The largest absolute Gasteiger partial charge is 0.493 e. The molecular formula is C16H19NO4. The van der Waals surface area contributed by atoms with Gasteiger partial charge in [-0.05, 0) is 25.1 Å². The molecule has 5 nitrogen and oxygen atoms in total. The predicted octanol–water partition coefficient (Wildman–Crippen LogP) is 2.76. The molecule has 0 bridgehead atoms. The Hall–Kier alpha value is -2.01. The molecular weight excluding hydrogens is 270 g/mol. The van der Waals surface area contributed by atoms with Crippen LogP contribution in [-0.4, -0.2) is 37.4 Å². The van der Waals surface area contributed by atoms with Gasteiger partial charge >= 0.3 is 5.97 Å². The number of ether oxygens (including phenoxy) is 3. The summed E-state index contributed by atoms with van der Waals surface area (Å²) in [5.41, 5.74) is 1.44. The van der Waals surface area contributed by atoms with E-state index >= 15 is 0 Å². The van der Waals surface area contributed by atoms with Gasteiger partial charge < -0.3 is 19.2 Å². The van der Waals surface area contributed by atoms with E-state index in [4.69, 9.17) is 14.2 Å². The molecule has 1 aromatic carbocycles. The van der Waals surface area contributed by atoms with Crippen LogP contribution in [0.15, 0.2) is 24.3 Å². The maximum atomic E-state index is 11.7. The van der Waals surface area contributed by atoms with Crippen molar-refractivity contribution in [1.29, 1.82) is 0 Å². The van der Waals surface area contributed by atoms with E-state index in [1.165, 1.54) is 0 Å². The Morgan fingerprint density at radius 1 is 1.38 bits per heavy atom. The standard InChI is InChI=1S/C16H19NO4/c1-3-20-15(18)14-6-11-4-5-12(7-13(11)17-14)21-10-16(2)8-19-9-16/h4-7,17H,3,8-10H2,1-2H3. The number of aromatic amines is 1. The minimum atomic E-state index is -0.338. The average molecular weight is 289 g/mol. The van der Waals surface area contributed by atoms with Crippen LogP contribution in [0.25, 0.3) is 10.9 Å². The molecule has 1 fully saturated rings. The van der Waals surface area contributed by atoms with Gasteiger partial charge in [-0.2, -0.15) is 0 Å². The Bertz CT molecular complexity index is 657. The number of rotatable bonds is 5. The Balaban J connectivity index is 1.74. The highest BCUT2D eigenvalue weighted by Crippen LogP contribution is 2.28. The number of H-pyrrole nitrogens is 1. The summed E-state index contributed by atoms with van der Waals surface area (Å²) in [6, 6.07) is 7.54. The molecule has 0 aliphatic carbocycles. The molecule has 5 heteroatoms. The molecule has 21 heavy (non-hydrogen) atoms. The van der Waals surface area contributed by atoms with Crippen molar-refractivity contribution in [1.82, 2.24) is 4.98 Å². The Morgan fingerprint density at radius 2 is 2.19 bits per heavy atom. The van der Waals surface area contributed by atoms with Crippen LogP contribution < -0.4 is 4.74 Å². The van der Waals surface area contributed by atoms with E-state index in [-0.39, 0.29) is 11.4 Å². The molecule has 1 aromatic heterocycles. The topological polar surface area (TPSA) is 60.6 Å². The minimum absolute atomic E-state index is 0.112. The molecule has 112 valence electrons. The lowest BCUT2D eigenvalue weighted by atomic mass is 9.90. The van der Waals surface area contributed by atoms with E-state index in [0.29, 0.717) is 18.9 Å². The quantitative estimate of drug-likeness (QED) is 0.860. The summed E-state index contributed by atoms with van der Waals surface area (Å²) in [6.07, 6.45) is 0. The second-order valence-electron chi connectivity index (χ2n) is 5.74. The van der Waals surface area contributed by atoms with Crippen molar-refractivity contribution >= 4 is 16.9 Å². The van der Waals surface area contributed by atoms with Gasteiger partial charge in [-0.25, -0.2) is 4.79 Å². The van der Waals surface area contributed by atoms with E-state index in [2.05, 4.69) is 11.9 Å². The highest BCUT2D eigenvalue weighted by molar-refractivity contribution is 5.95. The van der Waals surface area contributed by atoms with Crippen molar-refractivity contribution < 1.29 is 19.0 Å². The van der Waals surface area contributed by atoms with Crippen LogP contribution in [0.5, 0.6) is 5.75 Å². The summed E-state index contributed by atoms with van der Waals surface area (Å²) in [7, 11) is 0. The van der Waals surface area contributed by atoms with Crippen LogP contribution in [0.4, 0.5) is 0 Å². The number of hydrogen-bond acceptors (Lipinski definition) is 4. The number of carbonyl (C=O) groups excluding carboxylic acids is 1. The maximum Gasteiger partial charge on any atom is 0.354 e. The molecule has 0 spiro atoms. The van der Waals surface area contributed by atoms with Crippen molar-refractivity contribution in [3.8, 4) is 5.75 Å². The van der Waals surface area contributed by atoms with Gasteiger partial charge in [-0.1, -0.05) is 6.92 Å². The van der Waals surface area contributed by atoms with Gasteiger partial charge in [-0.15, -0.1) is 0 Å². The summed E-state index contributed by atoms with van der Waals surface area (Å²) in [4.78, 5) is 14.8. The van der Waals surface area contributed by atoms with E-state index in [0.717, 1.165) is 29.9 Å². The van der Waals surface area contributed by atoms with Gasteiger partial charge in [0.2, 0.25) is 0 Å². The average Bonchev–Trinajstić information content (AvgIpc) is 2.86. The normalized spacial score (nSPS) is 16.5. The lowest BCUT2D eigenvalue weighted by Crippen LogP contribution is -2.44. The van der Waals surface area contributed by atoms with Gasteiger partial charge in [0.1, 0.15) is 11.4 Å². The number of benzene rings is 1. The molecule has 0 saturated carbocycles. The SMILES string of the molecule is CCOC(=O)c1cc2ccc(OCC3(C)COC3)cc2[nH]1. The summed E-state index contributed by atoms with van der Waals surface area (Å²) in [5.74, 6) is 0.447. The first-order valence-electron chi connectivity index (χ1n) is 7.10. The molecule has 0 radical (unpaired) electrons. The lowest BCUT2D eigenvalue weighted by Gasteiger charge is -2.37. The van der Waals surface area contributed by atoms with Gasteiger partial charge in [0.25, 0.3) is 0 Å². The molecule has 3 rings (SSSR count). The first-order valence-corrected chi connectivity index (χ1v) is 7.10. The number of carbonyl (C=O) groups is 1. The molecule has 1 N–H and O–H groups in total. The molecule has 0 amide bonds. The number of aromatic nitrogens is 1. The third-order valence-electron chi connectivity index (χ3n) is 3.58. The van der Waals surface area contributed by atoms with Crippen LogP contribution >= 0.6 is 0 Å². The first kappa shape index (κ1) is 13.9. The highest BCUT2D eigenvalue weighted by atomic mass is 16.5. The highest BCUT2D eigenvalue weighted by Gasteiger charge is 2.34. The third-order valence-corrected chi connectivity index (χ3v) is 3.58. The van der Waals surface area contributed by atoms with Crippen molar-refractivity contribution in [2.75, 3.05) is 26.4 Å². The number of hydrogen-bond donors (Lipinski definition) is 1. The number of fused-ring (bicyclic) bond motifs is 1. The van der Waals surface area contributed by atoms with Gasteiger partial charge in [0.05, 0.1) is 26.4 Å². The molecule has 1 aliphatic rings. The van der Waals surface area contributed by atoms with Gasteiger partial charge in [-0.3, -0.25) is 0 Å². The van der Waals surface area contributed by atoms with Crippen LogP contribution in [0, 0.1) is 5.41 Å². The fourth-order valence-electron chi connectivity index (χ4n) is 2.31. The molecule has 1 saturated heterocycles. The van der Waals surface area contributed by atoms with Gasteiger partial charge in [0.15, 0.2) is 0 Å². The number of nitrogens with one attached hydrogen (secondary N) is 1. The molecule has 2 heterocycles. The fraction of sp³-hybridized carbons (Fsp3) is 0.438. The maximum absolute atomic E-state index is 11.7. The minimum Gasteiger partial charge on any atom is -0.493 e. The monoisotopic (exact) mass is 289 g/mol. The first-order chi connectivity index (χ1) is 10.1. The predicted molar refractivity (Wildman–Crippen MR) is 78.7 cm³/mol. The molecule has 0 atom stereocenters. The van der Waals surface area contributed by atoms with Crippen LogP contribution in [0.2, 0.25) is 0 Å². The zero-order chi connectivity index (χ0) is 14.9. The van der Waals surface area contributed by atoms with Crippen molar-refractivity contribution in [2.24, 2.45) is 5.41 Å². The second-order valence-corrected chi connectivity index (χ2v) is 5.74. The Labute approximate surface area is 123 Å². The van der Waals surface area contributed by atoms with Crippen LogP contribution in [0.1, 0.15) is 24.3 Å². The summed E-state index contributed by atoms with van der Waals surface area (Å²) >= 11 is 0. The zero-order valence-electron chi connectivity index (χ0n) is 12.3. The summed E-state index contributed by atoms with van der Waals surface area (Å²) in [5, 5.41) is 0.962. The van der Waals surface area contributed by atoms with E-state index in [1.807, 2.05) is 18.2 Å². The van der Waals surface area contributed by atoms with Crippen molar-refractivity contribution in [3.63, 3.8) is 0 Å². The summed E-state index contributed by atoms with van der Waals surface area (Å²) < 4.78 is 16.0. The van der Waals surface area contributed by atoms with E-state index < -0.39 is 0 Å². The Morgan fingerprint density at radius 3 is 2.86 bits per heavy atom. The summed E-state index contributed by atoms with van der Waals surface area (Å²) in [6.45, 7) is 6.41. The smallest absolute Gasteiger partial charge is 0.354 e. The molecule has 2 aromatic rings. The third kappa shape index (κ3) is 2.88. The molecule has 0 unspecified atom stereocenters. The Kier molecular flexibility index (Phi) is 3.59. The molecule has 1 aliphatic heterocycles. The van der Waals surface area contributed by atoms with Gasteiger partial charge in [0, 0.05) is 22.4 Å². The van der Waals surface area contributed by atoms with Crippen LogP contribution in [0.3, 0.4) is 0 Å². The zero-order valence-corrected chi connectivity index (χ0v) is 12.3. The van der Waals surface area contributed by atoms with E-state index in [9.17, 15) is 4.79 Å².